The van der Waals surface area contributed by atoms with Gasteiger partial charge in [-0.25, -0.2) is 4.72 Å². The number of benzene rings is 1. The highest BCUT2D eigenvalue weighted by molar-refractivity contribution is 7.91. The Balaban J connectivity index is 1.60. The molecule has 1 aromatic carbocycles. The second-order valence-corrected chi connectivity index (χ2v) is 8.07. The van der Waals surface area contributed by atoms with Crippen LogP contribution in [0.1, 0.15) is 46.6 Å². The quantitative estimate of drug-likeness (QED) is 0.871. The summed E-state index contributed by atoms with van der Waals surface area (Å²) in [5, 5.41) is 6.92. The Labute approximate surface area is 146 Å². The number of fused-ring (bicyclic) bond motifs is 2. The number of nitrogens with one attached hydrogen (secondary N) is 2. The number of anilines is 1. The Morgan fingerprint density at radius 1 is 1.12 bits per heavy atom. The van der Waals surface area contributed by atoms with Gasteiger partial charge in [-0.2, -0.15) is 13.5 Å². The molecule has 0 saturated carbocycles. The van der Waals surface area contributed by atoms with E-state index in [0.717, 1.165) is 55.3 Å². The lowest BCUT2D eigenvalue weighted by Gasteiger charge is -2.30. The fourth-order valence-corrected chi connectivity index (χ4v) is 4.89. The maximum absolute atomic E-state index is 12.8. The van der Waals surface area contributed by atoms with E-state index in [9.17, 15) is 13.2 Å². The number of amides is 1. The third-order valence-corrected chi connectivity index (χ3v) is 6.25. The molecule has 0 bridgehead atoms. The van der Waals surface area contributed by atoms with Crippen LogP contribution in [0.2, 0.25) is 0 Å². The van der Waals surface area contributed by atoms with E-state index in [0.29, 0.717) is 12.2 Å². The van der Waals surface area contributed by atoms with Crippen LogP contribution in [0.5, 0.6) is 0 Å². The number of nitrogens with zero attached hydrogens (tertiary/aromatic N) is 2. The first kappa shape index (κ1) is 16.1. The minimum atomic E-state index is -3.97. The van der Waals surface area contributed by atoms with Gasteiger partial charge in [-0.3, -0.25) is 14.2 Å². The molecule has 0 fully saturated rings. The summed E-state index contributed by atoms with van der Waals surface area (Å²) in [7, 11) is -3.97. The number of aromatic amines is 1. The molecular weight excluding hydrogens is 340 g/mol. The van der Waals surface area contributed by atoms with Crippen molar-refractivity contribution >= 4 is 21.8 Å². The van der Waals surface area contributed by atoms with Gasteiger partial charge in [0.05, 0.1) is 5.69 Å². The Kier molecular flexibility index (Phi) is 3.99. The van der Waals surface area contributed by atoms with Crippen LogP contribution >= 0.6 is 0 Å². The molecular formula is C17H20N4O3S. The smallest absolute Gasteiger partial charge is 0.281 e. The summed E-state index contributed by atoms with van der Waals surface area (Å²) in [5.41, 5.74) is 3.60. The minimum absolute atomic E-state index is 0.198. The number of carbonyl (C=O) groups is 1. The third kappa shape index (κ3) is 2.90. The van der Waals surface area contributed by atoms with Crippen LogP contribution < -0.4 is 9.03 Å². The Bertz CT molecular complexity index is 920. The van der Waals surface area contributed by atoms with Crippen LogP contribution in [0.3, 0.4) is 0 Å². The zero-order valence-electron chi connectivity index (χ0n) is 13.8. The van der Waals surface area contributed by atoms with Gasteiger partial charge in [-0.1, -0.05) is 18.2 Å². The zero-order chi connectivity index (χ0) is 17.4. The fourth-order valence-electron chi connectivity index (χ4n) is 3.64. The highest BCUT2D eigenvalue weighted by atomic mass is 32.2. The van der Waals surface area contributed by atoms with E-state index in [1.54, 1.807) is 12.1 Å². The van der Waals surface area contributed by atoms with E-state index in [1.807, 2.05) is 12.1 Å². The molecule has 2 N–H and O–H groups in total. The minimum Gasteiger partial charge on any atom is -0.281 e. The lowest BCUT2D eigenvalue weighted by molar-refractivity contribution is 0.0975. The van der Waals surface area contributed by atoms with E-state index in [-0.39, 0.29) is 5.69 Å². The average Bonchev–Trinajstić information content (AvgIpc) is 3.05. The summed E-state index contributed by atoms with van der Waals surface area (Å²) in [5.74, 6) is -0.664. The molecule has 8 heteroatoms. The van der Waals surface area contributed by atoms with Crippen LogP contribution in [-0.4, -0.2) is 31.1 Å². The first-order chi connectivity index (χ1) is 12.1. The van der Waals surface area contributed by atoms with Gasteiger partial charge in [0.1, 0.15) is 0 Å². The number of carbonyl (C=O) groups excluding carboxylic acids is 1. The maximum Gasteiger partial charge on any atom is 0.326 e. The molecule has 2 aromatic rings. The molecule has 0 unspecified atom stereocenters. The Morgan fingerprint density at radius 3 is 2.80 bits per heavy atom. The summed E-state index contributed by atoms with van der Waals surface area (Å²) < 4.78 is 29.0. The van der Waals surface area contributed by atoms with Gasteiger partial charge >= 0.3 is 10.2 Å². The SMILES string of the molecule is O=C(NS(=O)(=O)N1CCCc2ccccc21)c1n[nH]c2c1CCCC2. The summed E-state index contributed by atoms with van der Waals surface area (Å²) in [6.45, 7) is 0.359. The van der Waals surface area contributed by atoms with Crippen LogP contribution in [0, 0.1) is 0 Å². The van der Waals surface area contributed by atoms with Crippen molar-refractivity contribution in [2.24, 2.45) is 0 Å². The molecule has 0 spiro atoms. The predicted octanol–water partition coefficient (Wildman–Crippen LogP) is 1.72. The monoisotopic (exact) mass is 360 g/mol. The maximum atomic E-state index is 12.8. The molecule has 25 heavy (non-hydrogen) atoms. The summed E-state index contributed by atoms with van der Waals surface area (Å²) in [6, 6.07) is 7.39. The first-order valence-electron chi connectivity index (χ1n) is 8.55. The number of aryl methyl sites for hydroxylation is 2. The van der Waals surface area contributed by atoms with Crippen LogP contribution in [-0.2, 0) is 29.5 Å². The Morgan fingerprint density at radius 2 is 1.92 bits per heavy atom. The van der Waals surface area contributed by atoms with Crippen molar-refractivity contribution in [2.75, 3.05) is 10.8 Å². The summed E-state index contributed by atoms with van der Waals surface area (Å²) in [6.07, 6.45) is 5.20. The molecule has 1 aliphatic heterocycles. The van der Waals surface area contributed by atoms with Crippen molar-refractivity contribution in [2.45, 2.75) is 38.5 Å². The summed E-state index contributed by atoms with van der Waals surface area (Å²) in [4.78, 5) is 12.5. The first-order valence-corrected chi connectivity index (χ1v) is 9.99. The van der Waals surface area contributed by atoms with Gasteiger partial charge in [-0.15, -0.1) is 0 Å². The molecule has 7 nitrogen and oxygen atoms in total. The number of hydrogen-bond donors (Lipinski definition) is 2. The van der Waals surface area contributed by atoms with Crippen LogP contribution in [0.25, 0.3) is 0 Å². The fraction of sp³-hybridized carbons (Fsp3) is 0.412. The average molecular weight is 360 g/mol. The predicted molar refractivity (Wildman–Crippen MR) is 93.7 cm³/mol. The van der Waals surface area contributed by atoms with E-state index < -0.39 is 16.1 Å². The van der Waals surface area contributed by atoms with Gasteiger partial charge < -0.3 is 0 Å². The van der Waals surface area contributed by atoms with E-state index >= 15 is 0 Å². The topological polar surface area (TPSA) is 95.2 Å². The van der Waals surface area contributed by atoms with E-state index in [4.69, 9.17) is 0 Å². The van der Waals surface area contributed by atoms with Crippen molar-refractivity contribution in [3.05, 3.63) is 46.8 Å². The molecule has 0 saturated heterocycles. The zero-order valence-corrected chi connectivity index (χ0v) is 14.6. The molecule has 4 rings (SSSR count). The molecule has 1 aromatic heterocycles. The third-order valence-electron chi connectivity index (χ3n) is 4.85. The van der Waals surface area contributed by atoms with Gasteiger partial charge in [0.15, 0.2) is 5.69 Å². The van der Waals surface area contributed by atoms with Crippen molar-refractivity contribution < 1.29 is 13.2 Å². The lowest BCUT2D eigenvalue weighted by atomic mass is 9.96. The molecule has 1 aliphatic carbocycles. The van der Waals surface area contributed by atoms with Crippen molar-refractivity contribution in [3.8, 4) is 0 Å². The highest BCUT2D eigenvalue weighted by Crippen LogP contribution is 2.29. The molecule has 1 amide bonds. The van der Waals surface area contributed by atoms with Gasteiger partial charge in [0.2, 0.25) is 0 Å². The molecule has 2 aliphatic rings. The van der Waals surface area contributed by atoms with Gasteiger partial charge in [0, 0.05) is 17.8 Å². The van der Waals surface area contributed by atoms with Gasteiger partial charge in [-0.05, 0) is 50.2 Å². The second-order valence-electron chi connectivity index (χ2n) is 6.48. The number of hydrogen-bond acceptors (Lipinski definition) is 4. The van der Waals surface area contributed by atoms with Crippen LogP contribution in [0.15, 0.2) is 24.3 Å². The molecule has 132 valence electrons. The van der Waals surface area contributed by atoms with Crippen molar-refractivity contribution in [1.29, 1.82) is 0 Å². The number of aromatic nitrogens is 2. The van der Waals surface area contributed by atoms with E-state index in [2.05, 4.69) is 14.9 Å². The number of para-hydroxylation sites is 1. The number of H-pyrrole nitrogens is 1. The molecule has 2 heterocycles. The second kappa shape index (κ2) is 6.18. The van der Waals surface area contributed by atoms with E-state index in [1.165, 1.54) is 4.31 Å². The van der Waals surface area contributed by atoms with Crippen molar-refractivity contribution in [3.63, 3.8) is 0 Å². The largest absolute Gasteiger partial charge is 0.326 e. The molecule has 0 atom stereocenters. The Hall–Kier alpha value is -2.35. The van der Waals surface area contributed by atoms with Crippen molar-refractivity contribution in [1.82, 2.24) is 14.9 Å². The lowest BCUT2D eigenvalue weighted by Crippen LogP contribution is -2.46. The van der Waals surface area contributed by atoms with Gasteiger partial charge in [0.25, 0.3) is 5.91 Å². The standard InChI is InChI=1S/C17H20N4O3S/c22-17(16-13-8-2-3-9-14(13)18-19-16)20-25(23,24)21-11-5-7-12-6-1-4-10-15(12)21/h1,4,6,10H,2-3,5,7-9,11H2,(H,18,19)(H,20,22). The van der Waals surface area contributed by atoms with Crippen LogP contribution in [0.4, 0.5) is 5.69 Å². The molecule has 0 radical (unpaired) electrons. The summed E-state index contributed by atoms with van der Waals surface area (Å²) >= 11 is 0. The number of rotatable bonds is 3. The normalized spacial score (nSPS) is 16.9. The highest BCUT2D eigenvalue weighted by Gasteiger charge is 2.31.